The third kappa shape index (κ3) is 8.87. The molecule has 2 atom stereocenters. The molecule has 5 nitrogen and oxygen atoms in total. The van der Waals surface area contributed by atoms with Crippen LogP contribution in [0.3, 0.4) is 0 Å². The Balaban J connectivity index is 0.00000101. The van der Waals surface area contributed by atoms with Crippen molar-refractivity contribution in [3.8, 4) is 0 Å². The topological polar surface area (TPSA) is 74.7 Å². The molecule has 0 bridgehead atoms. The van der Waals surface area contributed by atoms with Crippen LogP contribution in [0, 0.1) is 17.9 Å². The fraction of sp³-hybridized carbons (Fsp3) is 0.556. The number of hydrogen-bond donors (Lipinski definition) is 0. The van der Waals surface area contributed by atoms with Gasteiger partial charge in [0.1, 0.15) is 25.0 Å². The van der Waals surface area contributed by atoms with Gasteiger partial charge in [-0.05, 0) is 11.8 Å². The van der Waals surface area contributed by atoms with E-state index in [0.717, 1.165) is 11.1 Å². The van der Waals surface area contributed by atoms with Gasteiger partial charge in [0, 0.05) is 0 Å². The van der Waals surface area contributed by atoms with Gasteiger partial charge < -0.3 is 32.2 Å². The van der Waals surface area contributed by atoms with Gasteiger partial charge in [-0.15, -0.1) is 24.3 Å². The first-order valence-corrected chi connectivity index (χ1v) is 8.86. The van der Waals surface area contributed by atoms with E-state index in [1.165, 1.54) is 0 Å². The van der Waals surface area contributed by atoms with Crippen LogP contribution in [0.2, 0.25) is 0 Å². The van der Waals surface area contributed by atoms with E-state index in [1.807, 2.05) is 18.2 Å². The van der Waals surface area contributed by atoms with Crippen LogP contribution in [0.5, 0.6) is 0 Å². The van der Waals surface area contributed by atoms with Crippen molar-refractivity contribution in [3.63, 3.8) is 0 Å². The summed E-state index contributed by atoms with van der Waals surface area (Å²) in [6.07, 6.45) is 0. The zero-order chi connectivity index (χ0) is 20.2. The molecule has 29 heavy (non-hydrogen) atoms. The SMILES string of the molecule is CC(C)[C@H]1COC(c2[c-]c(C3=N[C@@H](C(C)C)CO3)ccc2)=N1.F[B-](F)(F)F.O.[Pt+2]. The van der Waals surface area contributed by atoms with Gasteiger partial charge >= 0.3 is 28.3 Å². The van der Waals surface area contributed by atoms with Gasteiger partial charge in [0.2, 0.25) is 0 Å². The monoisotopic (exact) mass is 599 g/mol. The second kappa shape index (κ2) is 11.7. The Labute approximate surface area is 182 Å². The van der Waals surface area contributed by atoms with Crippen LogP contribution in [-0.2, 0) is 30.5 Å². The van der Waals surface area contributed by atoms with Crippen molar-refractivity contribution in [1.29, 1.82) is 0 Å². The largest absolute Gasteiger partial charge is 2.00 e. The first-order chi connectivity index (χ1) is 12.5. The van der Waals surface area contributed by atoms with Gasteiger partial charge in [0.05, 0.1) is 12.1 Å². The van der Waals surface area contributed by atoms with Crippen molar-refractivity contribution in [2.75, 3.05) is 13.2 Å². The average Bonchev–Trinajstić information content (AvgIpc) is 3.23. The third-order valence-electron chi connectivity index (χ3n) is 4.14. The fourth-order valence-electron chi connectivity index (χ4n) is 2.48. The second-order valence-corrected chi connectivity index (χ2v) is 7.09. The summed E-state index contributed by atoms with van der Waals surface area (Å²) in [5.74, 6) is 2.32. The van der Waals surface area contributed by atoms with E-state index >= 15 is 0 Å². The smallest absolute Gasteiger partial charge is 0.510 e. The van der Waals surface area contributed by atoms with Crippen molar-refractivity contribution < 1.29 is 53.3 Å². The van der Waals surface area contributed by atoms with E-state index < -0.39 is 7.25 Å². The Morgan fingerprint density at radius 3 is 1.52 bits per heavy atom. The van der Waals surface area contributed by atoms with E-state index in [-0.39, 0.29) is 38.6 Å². The molecule has 166 valence electrons. The number of ether oxygens (including phenoxy) is 2. The minimum atomic E-state index is -6.00. The van der Waals surface area contributed by atoms with Crippen molar-refractivity contribution in [1.82, 2.24) is 0 Å². The molecule has 0 aliphatic carbocycles. The Hall–Kier alpha value is -1.41. The average molecular weight is 599 g/mol. The number of benzene rings is 1. The molecular weight excluding hydrogens is 574 g/mol. The zero-order valence-electron chi connectivity index (χ0n) is 16.6. The fourth-order valence-corrected chi connectivity index (χ4v) is 2.48. The molecule has 1 aromatic rings. The van der Waals surface area contributed by atoms with Crippen molar-refractivity contribution in [2.45, 2.75) is 39.8 Å². The maximum absolute atomic E-state index is 9.75. The Bertz CT molecular complexity index is 659. The number of rotatable bonds is 4. The van der Waals surface area contributed by atoms with Crippen molar-refractivity contribution >= 4 is 19.0 Å². The molecule has 0 radical (unpaired) electrons. The molecule has 0 spiro atoms. The van der Waals surface area contributed by atoms with E-state index in [4.69, 9.17) is 9.47 Å². The van der Waals surface area contributed by atoms with Crippen molar-refractivity contribution in [2.24, 2.45) is 21.8 Å². The summed E-state index contributed by atoms with van der Waals surface area (Å²) in [7, 11) is -6.00. The predicted molar refractivity (Wildman–Crippen MR) is 101 cm³/mol. The van der Waals surface area contributed by atoms with Gasteiger partial charge in [0.15, 0.2) is 0 Å². The summed E-state index contributed by atoms with van der Waals surface area (Å²) in [5, 5.41) is 0. The summed E-state index contributed by atoms with van der Waals surface area (Å²) in [5.41, 5.74) is 1.75. The third-order valence-corrected chi connectivity index (χ3v) is 4.14. The second-order valence-electron chi connectivity index (χ2n) is 7.09. The summed E-state index contributed by atoms with van der Waals surface area (Å²) in [4.78, 5) is 9.30. The summed E-state index contributed by atoms with van der Waals surface area (Å²) in [6.45, 7) is 9.94. The first-order valence-electron chi connectivity index (χ1n) is 8.86. The minimum Gasteiger partial charge on any atom is -0.510 e. The normalized spacial score (nSPS) is 20.5. The molecule has 2 aliphatic rings. The Morgan fingerprint density at radius 2 is 1.24 bits per heavy atom. The van der Waals surface area contributed by atoms with E-state index in [9.17, 15) is 17.3 Å². The molecule has 2 heterocycles. The molecule has 1 aromatic carbocycles. The van der Waals surface area contributed by atoms with Gasteiger partial charge in [0.25, 0.3) is 0 Å². The van der Waals surface area contributed by atoms with Crippen LogP contribution in [-0.4, -0.2) is 49.8 Å². The summed E-state index contributed by atoms with van der Waals surface area (Å²) in [6, 6.07) is 9.73. The molecule has 0 saturated carbocycles. The molecule has 11 heteroatoms. The number of halogens is 4. The maximum atomic E-state index is 9.75. The van der Waals surface area contributed by atoms with Crippen LogP contribution < -0.4 is 0 Å². The van der Waals surface area contributed by atoms with E-state index in [1.54, 1.807) is 0 Å². The van der Waals surface area contributed by atoms with Gasteiger partial charge in [-0.25, -0.2) is 0 Å². The van der Waals surface area contributed by atoms with Crippen LogP contribution >= 0.6 is 0 Å². The van der Waals surface area contributed by atoms with Gasteiger partial charge in [-0.2, -0.15) is 0 Å². The molecule has 3 rings (SSSR count). The molecule has 0 aromatic heterocycles. The van der Waals surface area contributed by atoms with Crippen LogP contribution in [0.15, 0.2) is 28.2 Å². The summed E-state index contributed by atoms with van der Waals surface area (Å²) >= 11 is 0. The predicted octanol–water partition coefficient (Wildman–Crippen LogP) is 3.56. The summed E-state index contributed by atoms with van der Waals surface area (Å²) < 4.78 is 50.5. The molecular formula is C18H25BF4N2O3Pt. The quantitative estimate of drug-likeness (QED) is 0.302. The number of nitrogens with zero attached hydrogens (tertiary/aromatic N) is 2. The standard InChI is InChI=1S/C18H23N2O2.BF4.H2O.Pt/c1-11(2)15-9-21-17(19-15)13-6-5-7-14(8-13)18-20-16(10-22-18)12(3)4;2-1(3,4)5;;/h5-7,11-12,15-16H,9-10H2,1-4H3;;1H2;/q2*-1;;+2/t15-,16-;;;/m1.../s1. The maximum Gasteiger partial charge on any atom is 2.00 e. The van der Waals surface area contributed by atoms with Crippen LogP contribution in [0.1, 0.15) is 38.8 Å². The zero-order valence-corrected chi connectivity index (χ0v) is 18.8. The van der Waals surface area contributed by atoms with Gasteiger partial charge in [-0.1, -0.05) is 38.8 Å². The molecule has 0 amide bonds. The molecule has 0 fully saturated rings. The Morgan fingerprint density at radius 1 is 0.897 bits per heavy atom. The number of aliphatic imine (C=N–C) groups is 2. The van der Waals surface area contributed by atoms with Gasteiger partial charge in [-0.3, -0.25) is 9.98 Å². The van der Waals surface area contributed by atoms with Crippen LogP contribution in [0.25, 0.3) is 0 Å². The van der Waals surface area contributed by atoms with Crippen LogP contribution in [0.4, 0.5) is 17.3 Å². The number of hydrogen-bond acceptors (Lipinski definition) is 4. The van der Waals surface area contributed by atoms with E-state index in [2.05, 4.69) is 43.7 Å². The minimum absolute atomic E-state index is 0. The molecule has 2 N–H and O–H groups in total. The van der Waals surface area contributed by atoms with Crippen molar-refractivity contribution in [3.05, 3.63) is 35.4 Å². The molecule has 0 unspecified atom stereocenters. The first kappa shape index (κ1) is 27.6. The molecule has 2 aliphatic heterocycles. The van der Waals surface area contributed by atoms with E-state index in [0.29, 0.717) is 36.8 Å². The Kier molecular flexibility index (Phi) is 11.1. The molecule has 0 saturated heterocycles.